The number of nitrogens with zero attached hydrogens (tertiary/aromatic N) is 3. The highest BCUT2D eigenvalue weighted by Gasteiger charge is 2.23. The van der Waals surface area contributed by atoms with E-state index in [4.69, 9.17) is 10.3 Å². The van der Waals surface area contributed by atoms with E-state index in [0.717, 1.165) is 48.9 Å². The van der Waals surface area contributed by atoms with Crippen molar-refractivity contribution in [1.29, 1.82) is 0 Å². The number of hydrogen-bond acceptors (Lipinski definition) is 5. The van der Waals surface area contributed by atoms with Crippen molar-refractivity contribution >= 4 is 29.2 Å². The number of anilines is 1. The highest BCUT2D eigenvalue weighted by molar-refractivity contribution is 5.89. The van der Waals surface area contributed by atoms with Crippen LogP contribution in [0.5, 0.6) is 0 Å². The lowest BCUT2D eigenvalue weighted by Gasteiger charge is -2.36. The van der Waals surface area contributed by atoms with E-state index in [1.54, 1.807) is 0 Å². The molecule has 2 aromatic rings. The summed E-state index contributed by atoms with van der Waals surface area (Å²) >= 11 is 0. The van der Waals surface area contributed by atoms with E-state index in [2.05, 4.69) is 40.1 Å². The van der Waals surface area contributed by atoms with Gasteiger partial charge in [0.2, 0.25) is 0 Å². The van der Waals surface area contributed by atoms with Gasteiger partial charge in [0.05, 0.1) is 5.39 Å². The van der Waals surface area contributed by atoms with Crippen LogP contribution in [0.3, 0.4) is 0 Å². The molecule has 1 aromatic heterocycles. The van der Waals surface area contributed by atoms with E-state index in [1.807, 2.05) is 0 Å². The van der Waals surface area contributed by atoms with Gasteiger partial charge in [-0.1, -0.05) is 11.2 Å². The normalized spacial score (nSPS) is 24.6. The van der Waals surface area contributed by atoms with Crippen LogP contribution < -0.4 is 10.6 Å². The van der Waals surface area contributed by atoms with Gasteiger partial charge < -0.3 is 15.2 Å². The van der Waals surface area contributed by atoms with Gasteiger partial charge in [-0.25, -0.2) is 0 Å². The zero-order valence-electron chi connectivity index (χ0n) is 15.7. The first-order valence-corrected chi connectivity index (χ1v) is 9.78. The molecule has 1 aliphatic carbocycles. The Labute approximate surface area is 162 Å². The van der Waals surface area contributed by atoms with Gasteiger partial charge in [-0.3, -0.25) is 4.90 Å². The van der Waals surface area contributed by atoms with E-state index in [9.17, 15) is 0 Å². The smallest absolute Gasteiger partial charge is 0.180 e. The summed E-state index contributed by atoms with van der Waals surface area (Å²) in [6.07, 6.45) is 6.42. The molecular weight excluding hydrogens is 348 g/mol. The summed E-state index contributed by atoms with van der Waals surface area (Å²) in [5, 5.41) is 5.47. The molecule has 0 amide bonds. The Kier molecular flexibility index (Phi) is 6.43. The average molecular weight is 379 g/mol. The van der Waals surface area contributed by atoms with Crippen LogP contribution in [0.4, 0.5) is 5.82 Å². The van der Waals surface area contributed by atoms with Crippen molar-refractivity contribution in [3.8, 4) is 0 Å². The summed E-state index contributed by atoms with van der Waals surface area (Å²) < 4.78 is 5.53. The van der Waals surface area contributed by atoms with Gasteiger partial charge in [0.25, 0.3) is 0 Å². The summed E-state index contributed by atoms with van der Waals surface area (Å²) in [7, 11) is 0. The quantitative estimate of drug-likeness (QED) is 0.881. The standard InChI is InChI=1S/C20H30N4O.ClH/c1-15-2-7-18-19(14-15)25-22-20(18)24-12-10-23(11-13-24)9-8-16-3-5-17(21)6-4-16;/h2,7,14,16-17H,3-6,8-13,21H2,1H3;1H/t16-,17-;. The Morgan fingerprint density at radius 2 is 1.85 bits per heavy atom. The molecule has 1 aliphatic heterocycles. The summed E-state index contributed by atoms with van der Waals surface area (Å²) in [6, 6.07) is 6.80. The lowest BCUT2D eigenvalue weighted by Crippen LogP contribution is -2.47. The van der Waals surface area contributed by atoms with Crippen LogP contribution in [0.1, 0.15) is 37.7 Å². The zero-order chi connectivity index (χ0) is 17.2. The van der Waals surface area contributed by atoms with Crippen LogP contribution in [0.25, 0.3) is 11.0 Å². The fourth-order valence-electron chi connectivity index (χ4n) is 4.28. The second kappa shape index (κ2) is 8.59. The van der Waals surface area contributed by atoms with Crippen molar-refractivity contribution in [2.45, 2.75) is 45.1 Å². The Hall–Kier alpha value is -1.30. The van der Waals surface area contributed by atoms with Crippen molar-refractivity contribution in [3.63, 3.8) is 0 Å². The van der Waals surface area contributed by atoms with Crippen molar-refractivity contribution in [1.82, 2.24) is 10.1 Å². The maximum absolute atomic E-state index is 6.02. The predicted molar refractivity (Wildman–Crippen MR) is 109 cm³/mol. The maximum Gasteiger partial charge on any atom is 0.180 e. The first kappa shape index (κ1) is 19.5. The molecule has 0 atom stereocenters. The Morgan fingerprint density at radius 1 is 1.12 bits per heavy atom. The first-order valence-electron chi connectivity index (χ1n) is 9.78. The summed E-state index contributed by atoms with van der Waals surface area (Å²) in [5.41, 5.74) is 8.12. The van der Waals surface area contributed by atoms with Gasteiger partial charge in [0, 0.05) is 32.2 Å². The molecule has 2 N–H and O–H groups in total. The number of nitrogens with two attached hydrogens (primary N) is 1. The number of aryl methyl sites for hydroxylation is 1. The molecular formula is C20H31ClN4O. The molecule has 6 heteroatoms. The fraction of sp³-hybridized carbons (Fsp3) is 0.650. The maximum atomic E-state index is 6.02. The molecule has 2 fully saturated rings. The zero-order valence-corrected chi connectivity index (χ0v) is 16.5. The van der Waals surface area contributed by atoms with E-state index < -0.39 is 0 Å². The number of piperazine rings is 1. The Bertz CT molecular complexity index is 703. The molecule has 0 unspecified atom stereocenters. The molecule has 0 bridgehead atoms. The molecule has 5 nitrogen and oxygen atoms in total. The third kappa shape index (κ3) is 4.33. The molecule has 0 radical (unpaired) electrons. The SMILES string of the molecule is Cc1ccc2c(N3CCN(CC[C@H]4CC[C@H](N)CC4)CC3)noc2c1.Cl. The number of fused-ring (bicyclic) bond motifs is 1. The minimum Gasteiger partial charge on any atom is -0.354 e. The number of benzene rings is 1. The summed E-state index contributed by atoms with van der Waals surface area (Å²) in [6.45, 7) is 7.61. The molecule has 26 heavy (non-hydrogen) atoms. The number of rotatable bonds is 4. The number of aromatic nitrogens is 1. The van der Waals surface area contributed by atoms with Crippen LogP contribution in [-0.4, -0.2) is 48.8 Å². The molecule has 144 valence electrons. The Morgan fingerprint density at radius 3 is 2.58 bits per heavy atom. The van der Waals surface area contributed by atoms with Crippen molar-refractivity contribution < 1.29 is 4.52 Å². The lowest BCUT2D eigenvalue weighted by molar-refractivity contribution is 0.216. The van der Waals surface area contributed by atoms with E-state index in [1.165, 1.54) is 44.2 Å². The van der Waals surface area contributed by atoms with Crippen molar-refractivity contribution in [2.75, 3.05) is 37.6 Å². The first-order chi connectivity index (χ1) is 12.2. The van der Waals surface area contributed by atoms with E-state index in [-0.39, 0.29) is 12.4 Å². The van der Waals surface area contributed by atoms with Crippen LogP contribution in [0, 0.1) is 12.8 Å². The molecule has 1 aromatic carbocycles. The van der Waals surface area contributed by atoms with Gasteiger partial charge in [0.1, 0.15) is 0 Å². The lowest BCUT2D eigenvalue weighted by atomic mass is 9.84. The van der Waals surface area contributed by atoms with Crippen molar-refractivity contribution in [2.24, 2.45) is 11.7 Å². The van der Waals surface area contributed by atoms with Gasteiger partial charge in [-0.2, -0.15) is 0 Å². The van der Waals surface area contributed by atoms with Crippen molar-refractivity contribution in [3.05, 3.63) is 23.8 Å². The monoisotopic (exact) mass is 378 g/mol. The Balaban J connectivity index is 0.00000196. The van der Waals surface area contributed by atoms with Gasteiger partial charge >= 0.3 is 0 Å². The third-order valence-corrected chi connectivity index (χ3v) is 6.03. The highest BCUT2D eigenvalue weighted by atomic mass is 35.5. The third-order valence-electron chi connectivity index (χ3n) is 6.03. The highest BCUT2D eigenvalue weighted by Crippen LogP contribution is 2.28. The van der Waals surface area contributed by atoms with Gasteiger partial charge in [0.15, 0.2) is 11.4 Å². The van der Waals surface area contributed by atoms with E-state index in [0.29, 0.717) is 6.04 Å². The number of hydrogen-bond donors (Lipinski definition) is 1. The molecule has 4 rings (SSSR count). The average Bonchev–Trinajstić information content (AvgIpc) is 3.04. The predicted octanol–water partition coefficient (Wildman–Crippen LogP) is 3.59. The summed E-state index contributed by atoms with van der Waals surface area (Å²) in [5.74, 6) is 1.90. The molecule has 1 saturated carbocycles. The minimum absolute atomic E-state index is 0. The van der Waals surface area contributed by atoms with Crippen LogP contribution >= 0.6 is 12.4 Å². The van der Waals surface area contributed by atoms with Gasteiger partial charge in [-0.05, 0) is 69.2 Å². The minimum atomic E-state index is 0. The topological polar surface area (TPSA) is 58.5 Å². The fourth-order valence-corrected chi connectivity index (χ4v) is 4.28. The largest absolute Gasteiger partial charge is 0.354 e. The second-order valence-corrected chi connectivity index (χ2v) is 7.90. The molecule has 0 spiro atoms. The molecule has 2 heterocycles. The van der Waals surface area contributed by atoms with Gasteiger partial charge in [-0.15, -0.1) is 12.4 Å². The molecule has 2 aliphatic rings. The van der Waals surface area contributed by atoms with Crippen LogP contribution in [0.2, 0.25) is 0 Å². The van der Waals surface area contributed by atoms with E-state index >= 15 is 0 Å². The molecule has 1 saturated heterocycles. The second-order valence-electron chi connectivity index (χ2n) is 7.90. The number of halogens is 1. The summed E-state index contributed by atoms with van der Waals surface area (Å²) in [4.78, 5) is 4.98. The van der Waals surface area contributed by atoms with Crippen LogP contribution in [0.15, 0.2) is 22.7 Å². The van der Waals surface area contributed by atoms with Crippen LogP contribution in [-0.2, 0) is 0 Å².